The van der Waals surface area contributed by atoms with Gasteiger partial charge in [-0.3, -0.25) is 4.79 Å². The largest absolute Gasteiger partial charge is 0.496 e. The number of unbranched alkanes of at least 4 members (excludes halogenated alkanes) is 1. The number of para-hydroxylation sites is 2. The van der Waals surface area contributed by atoms with Gasteiger partial charge in [-0.1, -0.05) is 48.5 Å². The van der Waals surface area contributed by atoms with Crippen LogP contribution in [0.5, 0.6) is 11.5 Å². The monoisotopic (exact) mass is 538 g/mol. The highest BCUT2D eigenvalue weighted by atomic mass is 16.5. The van der Waals surface area contributed by atoms with E-state index in [2.05, 4.69) is 58.8 Å². The number of rotatable bonds is 15. The summed E-state index contributed by atoms with van der Waals surface area (Å²) in [5.41, 5.74) is 4.65. The van der Waals surface area contributed by atoms with Crippen molar-refractivity contribution in [1.82, 2.24) is 15.2 Å². The Kier molecular flexibility index (Phi) is 10.6. The smallest absolute Gasteiger partial charge is 0.257 e. The molecule has 0 spiro atoms. The lowest BCUT2D eigenvalue weighted by Crippen LogP contribution is -2.38. The molecular formula is C33H38N4O3. The maximum atomic E-state index is 12.7. The number of carbonyl (C=O) groups is 1. The first-order valence-electron chi connectivity index (χ1n) is 13.8. The maximum Gasteiger partial charge on any atom is 0.257 e. The van der Waals surface area contributed by atoms with Crippen molar-refractivity contribution < 1.29 is 14.3 Å². The minimum absolute atomic E-state index is 0.0371. The molecule has 40 heavy (non-hydrogen) atoms. The molecule has 0 aliphatic carbocycles. The molecule has 0 fully saturated rings. The van der Waals surface area contributed by atoms with E-state index in [9.17, 15) is 4.79 Å². The van der Waals surface area contributed by atoms with Crippen molar-refractivity contribution in [3.8, 4) is 17.6 Å². The molecule has 1 heterocycles. The quantitative estimate of drug-likeness (QED) is 0.195. The van der Waals surface area contributed by atoms with Crippen LogP contribution < -0.4 is 14.8 Å². The molecular weight excluding hydrogens is 500 g/mol. The van der Waals surface area contributed by atoms with Gasteiger partial charge >= 0.3 is 0 Å². The molecule has 0 saturated carbocycles. The molecule has 3 aromatic carbocycles. The van der Waals surface area contributed by atoms with Gasteiger partial charge in [0.1, 0.15) is 11.5 Å². The number of aryl methyl sites for hydroxylation is 1. The second kappa shape index (κ2) is 14.8. The van der Waals surface area contributed by atoms with Crippen LogP contribution in [0.15, 0.2) is 79.0 Å². The number of ether oxygens (including phenoxy) is 2. The van der Waals surface area contributed by atoms with Gasteiger partial charge in [0.2, 0.25) is 0 Å². The van der Waals surface area contributed by atoms with E-state index in [0.29, 0.717) is 18.7 Å². The van der Waals surface area contributed by atoms with Gasteiger partial charge in [-0.25, -0.2) is 0 Å². The third-order valence-corrected chi connectivity index (χ3v) is 7.02. The van der Waals surface area contributed by atoms with Crippen molar-refractivity contribution in [3.63, 3.8) is 0 Å². The van der Waals surface area contributed by atoms with Crippen LogP contribution in [0, 0.1) is 17.2 Å². The minimum Gasteiger partial charge on any atom is -0.496 e. The summed E-state index contributed by atoms with van der Waals surface area (Å²) in [5, 5.41) is 13.0. The Bertz CT molecular complexity index is 1410. The predicted molar refractivity (Wildman–Crippen MR) is 158 cm³/mol. The predicted octanol–water partition coefficient (Wildman–Crippen LogP) is 5.51. The van der Waals surface area contributed by atoms with E-state index in [1.54, 1.807) is 7.11 Å². The Morgan fingerprint density at radius 2 is 1.82 bits per heavy atom. The minimum atomic E-state index is -0.144. The lowest BCUT2D eigenvalue weighted by Gasteiger charge is -2.25. The molecule has 1 atom stereocenters. The number of hydrogen-bond acceptors (Lipinski definition) is 5. The van der Waals surface area contributed by atoms with E-state index in [-0.39, 0.29) is 18.4 Å². The molecule has 4 rings (SSSR count). The number of H-pyrrole nitrogens is 1. The highest BCUT2D eigenvalue weighted by molar-refractivity contribution is 5.83. The molecule has 7 heteroatoms. The van der Waals surface area contributed by atoms with Crippen LogP contribution in [-0.2, 0) is 24.2 Å². The van der Waals surface area contributed by atoms with Crippen molar-refractivity contribution in [1.29, 1.82) is 5.26 Å². The molecule has 0 bridgehead atoms. The lowest BCUT2D eigenvalue weighted by molar-refractivity contribution is -0.123. The number of nitriles is 1. The van der Waals surface area contributed by atoms with Gasteiger partial charge in [0.05, 0.1) is 13.2 Å². The second-order valence-electron chi connectivity index (χ2n) is 10.2. The van der Waals surface area contributed by atoms with Crippen molar-refractivity contribution in [2.45, 2.75) is 32.2 Å². The average Bonchev–Trinajstić information content (AvgIpc) is 3.38. The van der Waals surface area contributed by atoms with Gasteiger partial charge in [0.15, 0.2) is 6.61 Å². The molecule has 0 saturated heterocycles. The Morgan fingerprint density at radius 1 is 1.05 bits per heavy atom. The van der Waals surface area contributed by atoms with E-state index in [4.69, 9.17) is 14.7 Å². The standard InChI is InChI=1S/C33H38N4O3/c1-37(23-27-10-3-6-13-32(27)39-2)22-26(19-28-21-35-31-12-5-4-11-30(28)31)20-36-33(38)24-40-29-16-14-25(15-17-29)9-7-8-18-34/h3-6,10-17,21,26,35H,7-9,19-20,22-24H2,1-2H3,(H,36,38). The number of methoxy groups -OCH3 is 1. The summed E-state index contributed by atoms with van der Waals surface area (Å²) in [6, 6.07) is 26.3. The van der Waals surface area contributed by atoms with Crippen LogP contribution >= 0.6 is 0 Å². The summed E-state index contributed by atoms with van der Waals surface area (Å²) >= 11 is 0. The number of aromatic nitrogens is 1. The fourth-order valence-electron chi connectivity index (χ4n) is 5.02. The zero-order valence-corrected chi connectivity index (χ0v) is 23.4. The van der Waals surface area contributed by atoms with Crippen LogP contribution in [-0.4, -0.2) is 49.6 Å². The zero-order valence-electron chi connectivity index (χ0n) is 23.4. The van der Waals surface area contributed by atoms with E-state index in [1.807, 2.05) is 48.5 Å². The molecule has 0 aliphatic rings. The molecule has 1 amide bonds. The van der Waals surface area contributed by atoms with Gasteiger partial charge in [-0.05, 0) is 67.6 Å². The van der Waals surface area contributed by atoms with Crippen molar-refractivity contribution >= 4 is 16.8 Å². The summed E-state index contributed by atoms with van der Waals surface area (Å²) in [6.07, 6.45) is 5.15. The first kappa shape index (κ1) is 28.7. The zero-order chi connectivity index (χ0) is 28.2. The number of amides is 1. The first-order chi connectivity index (χ1) is 19.6. The van der Waals surface area contributed by atoms with E-state index in [1.165, 1.54) is 10.9 Å². The van der Waals surface area contributed by atoms with Crippen LogP contribution in [0.4, 0.5) is 0 Å². The molecule has 1 aromatic heterocycles. The van der Waals surface area contributed by atoms with Gasteiger partial charge in [-0.15, -0.1) is 0 Å². The molecule has 7 nitrogen and oxygen atoms in total. The summed E-state index contributed by atoms with van der Waals surface area (Å²) in [4.78, 5) is 18.4. The number of nitrogens with zero attached hydrogens (tertiary/aromatic N) is 2. The molecule has 0 aliphatic heterocycles. The number of nitrogens with one attached hydrogen (secondary N) is 2. The fraction of sp³-hybridized carbons (Fsp3) is 0.333. The summed E-state index contributed by atoms with van der Waals surface area (Å²) in [5.74, 6) is 1.58. The average molecular weight is 539 g/mol. The topological polar surface area (TPSA) is 90.4 Å². The number of benzene rings is 3. The molecule has 1 unspecified atom stereocenters. The van der Waals surface area contributed by atoms with Gasteiger partial charge < -0.3 is 24.7 Å². The number of carbonyl (C=O) groups excluding carboxylic acids is 1. The molecule has 208 valence electrons. The maximum absolute atomic E-state index is 12.7. The Morgan fingerprint density at radius 3 is 2.62 bits per heavy atom. The third kappa shape index (κ3) is 8.36. The van der Waals surface area contributed by atoms with Crippen LogP contribution in [0.25, 0.3) is 10.9 Å². The van der Waals surface area contributed by atoms with Crippen LogP contribution in [0.3, 0.4) is 0 Å². The summed E-state index contributed by atoms with van der Waals surface area (Å²) in [6.45, 7) is 2.05. The first-order valence-corrected chi connectivity index (χ1v) is 13.8. The summed E-state index contributed by atoms with van der Waals surface area (Å²) in [7, 11) is 3.80. The van der Waals surface area contributed by atoms with Crippen LogP contribution in [0.2, 0.25) is 0 Å². The van der Waals surface area contributed by atoms with Gasteiger partial charge in [0, 0.05) is 48.7 Å². The van der Waals surface area contributed by atoms with Crippen LogP contribution in [0.1, 0.15) is 29.5 Å². The van der Waals surface area contributed by atoms with Crippen molar-refractivity contribution in [3.05, 3.63) is 95.7 Å². The SMILES string of the molecule is COc1ccccc1CN(C)CC(CNC(=O)COc1ccc(CCCC#N)cc1)Cc1c[nH]c2ccccc12. The fourth-order valence-corrected chi connectivity index (χ4v) is 5.02. The second-order valence-corrected chi connectivity index (χ2v) is 10.2. The number of aromatic amines is 1. The van der Waals surface area contributed by atoms with E-state index < -0.39 is 0 Å². The Hall–Kier alpha value is -4.28. The lowest BCUT2D eigenvalue weighted by atomic mass is 9.98. The molecule has 0 radical (unpaired) electrons. The number of hydrogen-bond donors (Lipinski definition) is 2. The van der Waals surface area contributed by atoms with E-state index in [0.717, 1.165) is 54.7 Å². The van der Waals surface area contributed by atoms with Crippen molar-refractivity contribution in [2.75, 3.05) is 33.9 Å². The summed E-state index contributed by atoms with van der Waals surface area (Å²) < 4.78 is 11.3. The highest BCUT2D eigenvalue weighted by Crippen LogP contribution is 2.23. The Labute approximate surface area is 236 Å². The van der Waals surface area contributed by atoms with E-state index >= 15 is 0 Å². The molecule has 4 aromatic rings. The number of fused-ring (bicyclic) bond motifs is 1. The van der Waals surface area contributed by atoms with Gasteiger partial charge in [-0.2, -0.15) is 5.26 Å². The Balaban J connectivity index is 1.35. The normalized spacial score (nSPS) is 11.8. The van der Waals surface area contributed by atoms with Gasteiger partial charge in [0.25, 0.3) is 5.91 Å². The third-order valence-electron chi connectivity index (χ3n) is 7.02. The van der Waals surface area contributed by atoms with Crippen molar-refractivity contribution in [2.24, 2.45) is 5.92 Å². The highest BCUT2D eigenvalue weighted by Gasteiger charge is 2.18. The molecule has 2 N–H and O–H groups in total.